The molecule has 1 N–H and O–H groups in total. The van der Waals surface area contributed by atoms with Gasteiger partial charge < -0.3 is 5.32 Å². The second kappa shape index (κ2) is 6.24. The topological polar surface area (TPSA) is 12.0 Å². The molecule has 0 heterocycles. The predicted octanol–water partition coefficient (Wildman–Crippen LogP) is 4.36. The summed E-state index contributed by atoms with van der Waals surface area (Å²) in [7, 11) is 0. The maximum atomic E-state index is 13.3. The van der Waals surface area contributed by atoms with Crippen molar-refractivity contribution in [1.29, 1.82) is 0 Å². The van der Waals surface area contributed by atoms with Gasteiger partial charge in [-0.05, 0) is 37.6 Å². The molecule has 0 amide bonds. The molecule has 1 aromatic carbocycles. The van der Waals surface area contributed by atoms with Gasteiger partial charge in [0, 0.05) is 11.1 Å². The van der Waals surface area contributed by atoms with Crippen LogP contribution in [0.15, 0.2) is 24.8 Å². The molecule has 0 fully saturated rings. The molecule has 0 aliphatic rings. The van der Waals surface area contributed by atoms with Crippen molar-refractivity contribution in [3.8, 4) is 0 Å². The molecule has 16 heavy (non-hydrogen) atoms. The molecule has 1 unspecified atom stereocenters. The van der Waals surface area contributed by atoms with Crippen LogP contribution < -0.4 is 5.32 Å². The van der Waals surface area contributed by atoms with Crippen molar-refractivity contribution in [2.24, 2.45) is 0 Å². The van der Waals surface area contributed by atoms with Gasteiger partial charge in [0.15, 0.2) is 0 Å². The van der Waals surface area contributed by atoms with Crippen LogP contribution in [0.3, 0.4) is 0 Å². The average Bonchev–Trinajstić information content (AvgIpc) is 2.23. The van der Waals surface area contributed by atoms with Gasteiger partial charge in [0.25, 0.3) is 0 Å². The third kappa shape index (κ3) is 3.48. The number of rotatable bonds is 5. The van der Waals surface area contributed by atoms with E-state index in [0.717, 1.165) is 13.0 Å². The minimum Gasteiger partial charge on any atom is -0.310 e. The Kier molecular flexibility index (Phi) is 5.26. The lowest BCUT2D eigenvalue weighted by Gasteiger charge is -2.15. The molecule has 0 radical (unpaired) electrons. The molecular weight excluding hydrogens is 248 g/mol. The minimum absolute atomic E-state index is 0.0146. The first-order chi connectivity index (χ1) is 7.56. The summed E-state index contributed by atoms with van der Waals surface area (Å²) < 4.78 is 13.3. The zero-order chi connectivity index (χ0) is 12.1. The number of hydrogen-bond acceptors (Lipinski definition) is 1. The first-order valence-corrected chi connectivity index (χ1v) is 5.80. The summed E-state index contributed by atoms with van der Waals surface area (Å²) in [6.07, 6.45) is 2.68. The normalized spacial score (nSPS) is 12.5. The van der Waals surface area contributed by atoms with E-state index in [-0.39, 0.29) is 11.1 Å². The van der Waals surface area contributed by atoms with Crippen LogP contribution in [0.2, 0.25) is 10.0 Å². The lowest BCUT2D eigenvalue weighted by molar-refractivity contribution is 0.571. The molecule has 1 aromatic rings. The summed E-state index contributed by atoms with van der Waals surface area (Å²) in [5.41, 5.74) is 0.715. The Morgan fingerprint density at radius 1 is 1.44 bits per heavy atom. The Morgan fingerprint density at radius 2 is 2.12 bits per heavy atom. The molecule has 0 aromatic heterocycles. The largest absolute Gasteiger partial charge is 0.310 e. The Bertz CT molecular complexity index is 380. The maximum Gasteiger partial charge on any atom is 0.142 e. The third-order valence-corrected chi connectivity index (χ3v) is 2.92. The maximum absolute atomic E-state index is 13.3. The average molecular weight is 262 g/mol. The van der Waals surface area contributed by atoms with Crippen LogP contribution in [-0.2, 0) is 0 Å². The number of hydrogen-bond donors (Lipinski definition) is 1. The van der Waals surface area contributed by atoms with E-state index in [1.807, 2.05) is 13.0 Å². The highest BCUT2D eigenvalue weighted by Gasteiger charge is 2.12. The van der Waals surface area contributed by atoms with Crippen LogP contribution in [0.5, 0.6) is 0 Å². The summed E-state index contributed by atoms with van der Waals surface area (Å²) in [6.45, 7) is 6.34. The van der Waals surface area contributed by atoms with Crippen LogP contribution in [-0.4, -0.2) is 6.54 Å². The minimum atomic E-state index is -0.446. The van der Waals surface area contributed by atoms with Crippen LogP contribution in [0.25, 0.3) is 0 Å². The zero-order valence-electron chi connectivity index (χ0n) is 9.06. The molecule has 0 bridgehead atoms. The summed E-state index contributed by atoms with van der Waals surface area (Å²) in [5, 5.41) is 3.75. The Labute approximate surface area is 105 Å². The molecule has 1 nitrogen and oxygen atoms in total. The lowest BCUT2D eigenvalue weighted by atomic mass is 10.1. The SMILES string of the molecule is C=CCCNC(C)c1cc(F)c(Cl)cc1Cl. The van der Waals surface area contributed by atoms with Crippen molar-refractivity contribution >= 4 is 23.2 Å². The fourth-order valence-corrected chi connectivity index (χ4v) is 1.93. The van der Waals surface area contributed by atoms with Crippen molar-refractivity contribution < 1.29 is 4.39 Å². The van der Waals surface area contributed by atoms with E-state index in [9.17, 15) is 4.39 Å². The van der Waals surface area contributed by atoms with E-state index >= 15 is 0 Å². The van der Waals surface area contributed by atoms with E-state index in [1.54, 1.807) is 0 Å². The molecule has 0 spiro atoms. The first-order valence-electron chi connectivity index (χ1n) is 5.05. The monoisotopic (exact) mass is 261 g/mol. The predicted molar refractivity (Wildman–Crippen MR) is 67.7 cm³/mol. The van der Waals surface area contributed by atoms with Gasteiger partial charge in [-0.25, -0.2) is 4.39 Å². The van der Waals surface area contributed by atoms with Gasteiger partial charge in [-0.15, -0.1) is 6.58 Å². The van der Waals surface area contributed by atoms with E-state index < -0.39 is 5.82 Å². The molecule has 4 heteroatoms. The lowest BCUT2D eigenvalue weighted by Crippen LogP contribution is -2.19. The molecule has 0 saturated heterocycles. The van der Waals surface area contributed by atoms with Crippen molar-refractivity contribution in [2.45, 2.75) is 19.4 Å². The Hall–Kier alpha value is -0.570. The van der Waals surface area contributed by atoms with Crippen molar-refractivity contribution in [3.05, 3.63) is 46.2 Å². The third-order valence-electron chi connectivity index (χ3n) is 2.31. The second-order valence-corrected chi connectivity index (χ2v) is 4.36. The van der Waals surface area contributed by atoms with Gasteiger partial charge in [0.05, 0.1) is 5.02 Å². The zero-order valence-corrected chi connectivity index (χ0v) is 10.6. The van der Waals surface area contributed by atoms with Crippen LogP contribution in [0, 0.1) is 5.82 Å². The van der Waals surface area contributed by atoms with E-state index in [4.69, 9.17) is 23.2 Å². The highest BCUT2D eigenvalue weighted by atomic mass is 35.5. The van der Waals surface area contributed by atoms with Crippen molar-refractivity contribution in [3.63, 3.8) is 0 Å². The number of halogens is 3. The summed E-state index contributed by atoms with van der Waals surface area (Å²) >= 11 is 11.6. The molecular formula is C12H14Cl2FN. The quantitative estimate of drug-likeness (QED) is 0.472. The van der Waals surface area contributed by atoms with Crippen LogP contribution in [0.4, 0.5) is 4.39 Å². The Balaban J connectivity index is 2.78. The highest BCUT2D eigenvalue weighted by Crippen LogP contribution is 2.28. The molecule has 1 rings (SSSR count). The van der Waals surface area contributed by atoms with Gasteiger partial charge in [-0.3, -0.25) is 0 Å². The van der Waals surface area contributed by atoms with Gasteiger partial charge in [0.2, 0.25) is 0 Å². The molecule has 0 aliphatic carbocycles. The molecule has 88 valence electrons. The molecule has 0 saturated carbocycles. The molecule has 0 aliphatic heterocycles. The summed E-state index contributed by atoms with van der Waals surface area (Å²) in [6, 6.07) is 2.79. The van der Waals surface area contributed by atoms with E-state index in [2.05, 4.69) is 11.9 Å². The molecule has 1 atom stereocenters. The second-order valence-electron chi connectivity index (χ2n) is 3.54. The van der Waals surface area contributed by atoms with Gasteiger partial charge in [-0.2, -0.15) is 0 Å². The van der Waals surface area contributed by atoms with Crippen LogP contribution in [0.1, 0.15) is 24.9 Å². The van der Waals surface area contributed by atoms with Crippen molar-refractivity contribution in [1.82, 2.24) is 5.32 Å². The fourth-order valence-electron chi connectivity index (χ4n) is 1.38. The number of benzene rings is 1. The highest BCUT2D eigenvalue weighted by molar-refractivity contribution is 6.35. The van der Waals surface area contributed by atoms with Gasteiger partial charge >= 0.3 is 0 Å². The summed E-state index contributed by atoms with van der Waals surface area (Å²) in [4.78, 5) is 0. The van der Waals surface area contributed by atoms with E-state index in [1.165, 1.54) is 12.1 Å². The first kappa shape index (κ1) is 13.5. The van der Waals surface area contributed by atoms with Crippen LogP contribution >= 0.6 is 23.2 Å². The fraction of sp³-hybridized carbons (Fsp3) is 0.333. The van der Waals surface area contributed by atoms with Gasteiger partial charge in [-0.1, -0.05) is 29.3 Å². The number of nitrogens with one attached hydrogen (secondary N) is 1. The Morgan fingerprint density at radius 3 is 2.75 bits per heavy atom. The van der Waals surface area contributed by atoms with Gasteiger partial charge in [0.1, 0.15) is 5.82 Å². The standard InChI is InChI=1S/C12H14Cl2FN/c1-3-4-5-16-8(2)9-6-12(15)11(14)7-10(9)13/h3,6-8,16H,1,4-5H2,2H3. The smallest absolute Gasteiger partial charge is 0.142 e. The van der Waals surface area contributed by atoms with Crippen molar-refractivity contribution in [2.75, 3.05) is 6.54 Å². The summed E-state index contributed by atoms with van der Waals surface area (Å²) in [5.74, 6) is -0.446. The van der Waals surface area contributed by atoms with E-state index in [0.29, 0.717) is 10.6 Å².